The maximum atomic E-state index is 12.9. The summed E-state index contributed by atoms with van der Waals surface area (Å²) < 4.78 is 35.1. The minimum absolute atomic E-state index is 0.0603. The number of carbonyl (C=O) groups excluding carboxylic acids is 1. The highest BCUT2D eigenvalue weighted by Gasteiger charge is 2.51. The standard InChI is InChI=1S/C19H17F2N3O3/c1-24-16(25)19(23-18(24)22)7-8-26-15-6-5-12(10-14(15)19)11-3-2-4-13(9-11)27-17(20)21/h2-6,9-10,17H,7-8H2,1H3,(H2,22,23). The van der Waals surface area contributed by atoms with Crippen molar-refractivity contribution in [3.8, 4) is 22.6 Å². The van der Waals surface area contributed by atoms with E-state index in [9.17, 15) is 13.6 Å². The number of alkyl halides is 2. The van der Waals surface area contributed by atoms with E-state index in [0.29, 0.717) is 29.9 Å². The largest absolute Gasteiger partial charge is 0.493 e. The Kier molecular flexibility index (Phi) is 3.98. The molecule has 6 nitrogen and oxygen atoms in total. The molecule has 1 amide bonds. The Labute approximate surface area is 154 Å². The van der Waals surface area contributed by atoms with Gasteiger partial charge in [0.15, 0.2) is 11.5 Å². The second kappa shape index (κ2) is 6.22. The monoisotopic (exact) mass is 373 g/mol. The second-order valence-electron chi connectivity index (χ2n) is 6.41. The van der Waals surface area contributed by atoms with E-state index in [0.717, 1.165) is 5.56 Å². The lowest BCUT2D eigenvalue weighted by atomic mass is 9.83. The number of fused-ring (bicyclic) bond motifs is 2. The molecule has 2 aliphatic rings. The fourth-order valence-electron chi connectivity index (χ4n) is 3.49. The van der Waals surface area contributed by atoms with Gasteiger partial charge in [0, 0.05) is 19.0 Å². The van der Waals surface area contributed by atoms with Crippen molar-refractivity contribution >= 4 is 11.9 Å². The Hall–Kier alpha value is -3.16. The van der Waals surface area contributed by atoms with Crippen LogP contribution in [0, 0.1) is 0 Å². The van der Waals surface area contributed by atoms with Gasteiger partial charge in [-0.25, -0.2) is 4.99 Å². The molecule has 2 aliphatic heterocycles. The molecule has 27 heavy (non-hydrogen) atoms. The van der Waals surface area contributed by atoms with Crippen molar-refractivity contribution in [2.45, 2.75) is 18.6 Å². The molecule has 0 fully saturated rings. The molecule has 2 aromatic carbocycles. The van der Waals surface area contributed by atoms with Crippen LogP contribution in [0.25, 0.3) is 11.1 Å². The molecular formula is C19H17F2N3O3. The minimum Gasteiger partial charge on any atom is -0.493 e. The number of amides is 1. The van der Waals surface area contributed by atoms with Crippen molar-refractivity contribution in [1.29, 1.82) is 0 Å². The summed E-state index contributed by atoms with van der Waals surface area (Å²) in [5, 5.41) is 0. The topological polar surface area (TPSA) is 77.2 Å². The number of halogens is 2. The van der Waals surface area contributed by atoms with Crippen LogP contribution in [0.2, 0.25) is 0 Å². The maximum absolute atomic E-state index is 12.9. The van der Waals surface area contributed by atoms with E-state index in [1.54, 1.807) is 37.4 Å². The summed E-state index contributed by atoms with van der Waals surface area (Å²) in [5.74, 6) is 0.567. The maximum Gasteiger partial charge on any atom is 0.387 e. The molecule has 0 saturated heterocycles. The van der Waals surface area contributed by atoms with Gasteiger partial charge in [-0.05, 0) is 35.4 Å². The molecule has 2 N–H and O–H groups in total. The molecule has 2 heterocycles. The number of guanidine groups is 1. The summed E-state index contributed by atoms with van der Waals surface area (Å²) in [5.41, 5.74) is 6.78. The summed E-state index contributed by atoms with van der Waals surface area (Å²) in [6.45, 7) is -2.55. The lowest BCUT2D eigenvalue weighted by Crippen LogP contribution is -2.42. The predicted molar refractivity (Wildman–Crippen MR) is 94.7 cm³/mol. The van der Waals surface area contributed by atoms with Gasteiger partial charge in [0.1, 0.15) is 11.5 Å². The van der Waals surface area contributed by atoms with Gasteiger partial charge in [0.05, 0.1) is 6.61 Å². The quantitative estimate of drug-likeness (QED) is 0.898. The summed E-state index contributed by atoms with van der Waals surface area (Å²) >= 11 is 0. The van der Waals surface area contributed by atoms with E-state index >= 15 is 0 Å². The summed E-state index contributed by atoms with van der Waals surface area (Å²) in [6.07, 6.45) is 0.377. The van der Waals surface area contributed by atoms with Gasteiger partial charge in [-0.2, -0.15) is 8.78 Å². The summed E-state index contributed by atoms with van der Waals surface area (Å²) in [4.78, 5) is 18.6. The van der Waals surface area contributed by atoms with E-state index in [-0.39, 0.29) is 17.6 Å². The number of rotatable bonds is 3. The number of ether oxygens (including phenoxy) is 2. The minimum atomic E-state index is -2.90. The summed E-state index contributed by atoms with van der Waals surface area (Å²) in [6, 6.07) is 11.7. The smallest absolute Gasteiger partial charge is 0.387 e. The van der Waals surface area contributed by atoms with Crippen LogP contribution in [-0.4, -0.2) is 37.0 Å². The Bertz CT molecular complexity index is 948. The number of aliphatic imine (C=N–C) groups is 1. The van der Waals surface area contributed by atoms with Crippen LogP contribution < -0.4 is 15.2 Å². The molecular weight excluding hydrogens is 356 g/mol. The number of carbonyl (C=O) groups is 1. The van der Waals surface area contributed by atoms with Crippen LogP contribution in [0.1, 0.15) is 12.0 Å². The van der Waals surface area contributed by atoms with Crippen molar-refractivity contribution in [2.24, 2.45) is 10.7 Å². The van der Waals surface area contributed by atoms with Crippen molar-refractivity contribution < 1.29 is 23.0 Å². The van der Waals surface area contributed by atoms with Crippen LogP contribution in [0.5, 0.6) is 11.5 Å². The number of hydrogen-bond donors (Lipinski definition) is 1. The highest BCUT2D eigenvalue weighted by Crippen LogP contribution is 2.45. The van der Waals surface area contributed by atoms with Gasteiger partial charge >= 0.3 is 6.61 Å². The molecule has 1 unspecified atom stereocenters. The first-order valence-corrected chi connectivity index (χ1v) is 8.37. The highest BCUT2D eigenvalue weighted by molar-refractivity contribution is 6.07. The summed E-state index contributed by atoms with van der Waals surface area (Å²) in [7, 11) is 1.58. The van der Waals surface area contributed by atoms with Gasteiger partial charge in [0.25, 0.3) is 5.91 Å². The Morgan fingerprint density at radius 2 is 2.04 bits per heavy atom. The van der Waals surface area contributed by atoms with Gasteiger partial charge < -0.3 is 15.2 Å². The fraction of sp³-hybridized carbons (Fsp3) is 0.263. The molecule has 0 aromatic heterocycles. The zero-order valence-electron chi connectivity index (χ0n) is 14.5. The first-order valence-electron chi connectivity index (χ1n) is 8.37. The van der Waals surface area contributed by atoms with Crippen molar-refractivity contribution in [3.05, 3.63) is 48.0 Å². The third-order valence-electron chi connectivity index (χ3n) is 4.85. The first kappa shape index (κ1) is 17.3. The average Bonchev–Trinajstić information content (AvgIpc) is 2.86. The van der Waals surface area contributed by atoms with Gasteiger partial charge in [-0.3, -0.25) is 9.69 Å². The molecule has 0 radical (unpaired) electrons. The van der Waals surface area contributed by atoms with Gasteiger partial charge in [-0.15, -0.1) is 0 Å². The Morgan fingerprint density at radius 3 is 2.74 bits per heavy atom. The number of nitrogens with two attached hydrogens (primary N) is 1. The molecule has 0 saturated carbocycles. The number of hydrogen-bond acceptors (Lipinski definition) is 5. The second-order valence-corrected chi connectivity index (χ2v) is 6.41. The van der Waals surface area contributed by atoms with E-state index in [1.165, 1.54) is 17.0 Å². The SMILES string of the molecule is CN1C(=O)C2(CCOc3ccc(-c4cccc(OC(F)F)c4)cc32)N=C1N. The lowest BCUT2D eigenvalue weighted by Gasteiger charge is -2.32. The third-order valence-corrected chi connectivity index (χ3v) is 4.85. The third kappa shape index (κ3) is 2.77. The van der Waals surface area contributed by atoms with Gasteiger partial charge in [-0.1, -0.05) is 18.2 Å². The van der Waals surface area contributed by atoms with Crippen LogP contribution >= 0.6 is 0 Å². The van der Waals surface area contributed by atoms with E-state index in [4.69, 9.17) is 10.5 Å². The lowest BCUT2D eigenvalue weighted by molar-refractivity contribution is -0.131. The van der Waals surface area contributed by atoms with Crippen LogP contribution in [-0.2, 0) is 10.3 Å². The number of likely N-dealkylation sites (N-methyl/N-ethyl adjacent to an activating group) is 1. The van der Waals surface area contributed by atoms with Crippen LogP contribution in [0.3, 0.4) is 0 Å². The molecule has 1 atom stereocenters. The average molecular weight is 373 g/mol. The molecule has 2 aromatic rings. The van der Waals surface area contributed by atoms with E-state index < -0.39 is 12.2 Å². The van der Waals surface area contributed by atoms with Crippen LogP contribution in [0.15, 0.2) is 47.5 Å². The molecule has 0 bridgehead atoms. The Morgan fingerprint density at radius 1 is 1.26 bits per heavy atom. The highest BCUT2D eigenvalue weighted by atomic mass is 19.3. The molecule has 0 aliphatic carbocycles. The molecule has 140 valence electrons. The molecule has 4 rings (SSSR count). The van der Waals surface area contributed by atoms with Crippen molar-refractivity contribution in [1.82, 2.24) is 4.90 Å². The predicted octanol–water partition coefficient (Wildman–Crippen LogP) is 2.72. The van der Waals surface area contributed by atoms with E-state index in [1.807, 2.05) is 0 Å². The normalized spacial score (nSPS) is 21.3. The number of nitrogens with zero attached hydrogens (tertiary/aromatic N) is 2. The van der Waals surface area contributed by atoms with Crippen molar-refractivity contribution in [2.75, 3.05) is 13.7 Å². The molecule has 1 spiro atoms. The number of benzene rings is 2. The van der Waals surface area contributed by atoms with Crippen LogP contribution in [0.4, 0.5) is 8.78 Å². The fourth-order valence-corrected chi connectivity index (χ4v) is 3.49. The zero-order chi connectivity index (χ0) is 19.2. The first-order chi connectivity index (χ1) is 12.9. The van der Waals surface area contributed by atoms with Gasteiger partial charge in [0.2, 0.25) is 0 Å². The molecule has 8 heteroatoms. The van der Waals surface area contributed by atoms with Crippen molar-refractivity contribution in [3.63, 3.8) is 0 Å². The van der Waals surface area contributed by atoms with E-state index in [2.05, 4.69) is 9.73 Å². The zero-order valence-corrected chi connectivity index (χ0v) is 14.5. The Balaban J connectivity index is 1.80.